The van der Waals surface area contributed by atoms with Crippen LogP contribution in [0.15, 0.2) is 23.3 Å². The Bertz CT molecular complexity index is 852. The average Bonchev–Trinajstić information content (AvgIpc) is 2.78. The molecule has 8 atom stereocenters. The van der Waals surface area contributed by atoms with Gasteiger partial charge in [-0.3, -0.25) is 9.59 Å². The Hall–Kier alpha value is -1.95. The van der Waals surface area contributed by atoms with Crippen molar-refractivity contribution in [2.75, 3.05) is 0 Å². The van der Waals surface area contributed by atoms with Gasteiger partial charge in [-0.2, -0.15) is 0 Å². The van der Waals surface area contributed by atoms with Crippen molar-refractivity contribution in [2.45, 2.75) is 80.1 Å². The van der Waals surface area contributed by atoms with Gasteiger partial charge < -0.3 is 14.6 Å². The van der Waals surface area contributed by atoms with Crippen LogP contribution in [0, 0.1) is 34.5 Å². The van der Waals surface area contributed by atoms with E-state index in [2.05, 4.69) is 0 Å². The van der Waals surface area contributed by atoms with Gasteiger partial charge in [0.2, 0.25) is 0 Å². The van der Waals surface area contributed by atoms with Crippen LogP contribution < -0.4 is 0 Å². The quantitative estimate of drug-likeness (QED) is 0.527. The lowest BCUT2D eigenvalue weighted by atomic mass is 9.37. The number of rotatable bonds is 5. The third kappa shape index (κ3) is 3.29. The highest BCUT2D eigenvalue weighted by Crippen LogP contribution is 2.72. The number of allylic oxidation sites excluding steroid dienone is 3. The van der Waals surface area contributed by atoms with Crippen LogP contribution in [0.2, 0.25) is 0 Å². The predicted molar refractivity (Wildman–Crippen MR) is 116 cm³/mol. The molecule has 3 saturated carbocycles. The second kappa shape index (κ2) is 7.88. The fraction of sp³-hybridized carbons (Fsp3) is 0.720. The normalized spacial score (nSPS) is 39.6. The van der Waals surface area contributed by atoms with Crippen LogP contribution in [0.3, 0.4) is 0 Å². The second-order valence-corrected chi connectivity index (χ2v) is 10.4. The molecular formula is C25H36O6. The van der Waals surface area contributed by atoms with Crippen molar-refractivity contribution in [1.29, 1.82) is 0 Å². The summed E-state index contributed by atoms with van der Waals surface area (Å²) in [7, 11) is 0. The molecular weight excluding hydrogens is 396 g/mol. The van der Waals surface area contributed by atoms with Gasteiger partial charge in [0, 0.05) is 16.9 Å². The van der Waals surface area contributed by atoms with Gasteiger partial charge in [-0.1, -0.05) is 46.3 Å². The van der Waals surface area contributed by atoms with Gasteiger partial charge in [-0.05, 0) is 50.5 Å². The highest BCUT2D eigenvalue weighted by Gasteiger charge is 2.76. The second-order valence-electron chi connectivity index (χ2n) is 10.4. The lowest BCUT2D eigenvalue weighted by Crippen LogP contribution is -2.68. The molecule has 0 saturated heterocycles. The van der Waals surface area contributed by atoms with E-state index in [1.165, 1.54) is 0 Å². The minimum atomic E-state index is -1.09. The highest BCUT2D eigenvalue weighted by molar-refractivity contribution is 5.97. The van der Waals surface area contributed by atoms with E-state index in [1.807, 2.05) is 34.6 Å². The van der Waals surface area contributed by atoms with Gasteiger partial charge in [0.1, 0.15) is 12.2 Å². The fourth-order valence-electron chi connectivity index (χ4n) is 6.12. The van der Waals surface area contributed by atoms with Crippen molar-refractivity contribution in [2.24, 2.45) is 34.5 Å². The molecule has 3 fully saturated rings. The van der Waals surface area contributed by atoms with Gasteiger partial charge in [-0.25, -0.2) is 4.79 Å². The number of hydrogen-bond acceptors (Lipinski definition) is 6. The molecule has 4 bridgehead atoms. The number of hydrogen-bond donors (Lipinski definition) is 1. The lowest BCUT2D eigenvalue weighted by molar-refractivity contribution is -0.216. The van der Waals surface area contributed by atoms with E-state index in [4.69, 9.17) is 9.47 Å². The Morgan fingerprint density at radius 1 is 1.23 bits per heavy atom. The molecule has 0 aromatic carbocycles. The van der Waals surface area contributed by atoms with E-state index in [0.717, 1.165) is 5.57 Å². The molecule has 4 aliphatic carbocycles. The summed E-state index contributed by atoms with van der Waals surface area (Å²) in [5.41, 5.74) is -0.118. The van der Waals surface area contributed by atoms with Crippen LogP contribution >= 0.6 is 0 Å². The first-order valence-corrected chi connectivity index (χ1v) is 11.3. The Balaban J connectivity index is 2.14. The van der Waals surface area contributed by atoms with Crippen molar-refractivity contribution < 1.29 is 29.0 Å². The van der Waals surface area contributed by atoms with Crippen LogP contribution in [0.4, 0.5) is 0 Å². The third-order valence-electron chi connectivity index (χ3n) is 8.33. The molecule has 6 heteroatoms. The number of aliphatic hydroxyl groups is 1. The maximum Gasteiger partial charge on any atom is 0.333 e. The fourth-order valence-corrected chi connectivity index (χ4v) is 6.12. The standard InChI is InChI=1S/C25H36O6/c1-9-12(3)22(28)30-19-20(27)24(6,7)18-16-14(5)11-15(26)17(18)25(16,8)21(19)31-23(29)13(4)10-2/h9,11,13,16-21,27H,10H2,1-8H3/b12-9-/t13?,16-,17?,18?,19+,20+,21+,25+/m0/s1. The first-order valence-electron chi connectivity index (χ1n) is 11.3. The first-order chi connectivity index (χ1) is 14.3. The monoisotopic (exact) mass is 432 g/mol. The lowest BCUT2D eigenvalue weighted by Gasteiger charge is -2.65. The summed E-state index contributed by atoms with van der Waals surface area (Å²) >= 11 is 0. The smallest absolute Gasteiger partial charge is 0.333 e. The molecule has 0 aromatic heterocycles. The van der Waals surface area contributed by atoms with Crippen LogP contribution in [0.25, 0.3) is 0 Å². The zero-order valence-electron chi connectivity index (χ0n) is 19.9. The molecule has 6 nitrogen and oxygen atoms in total. The van der Waals surface area contributed by atoms with E-state index >= 15 is 0 Å². The zero-order chi connectivity index (χ0) is 23.5. The first kappa shape index (κ1) is 23.7. The largest absolute Gasteiger partial charge is 0.457 e. The van der Waals surface area contributed by atoms with E-state index in [-0.39, 0.29) is 23.5 Å². The molecule has 0 amide bonds. The van der Waals surface area contributed by atoms with Crippen LogP contribution in [-0.4, -0.2) is 41.1 Å². The van der Waals surface area contributed by atoms with Crippen molar-refractivity contribution in [1.82, 2.24) is 0 Å². The predicted octanol–water partition coefficient (Wildman–Crippen LogP) is 3.62. The number of ether oxygens (including phenoxy) is 2. The number of aliphatic hydroxyl groups excluding tert-OH is 1. The summed E-state index contributed by atoms with van der Waals surface area (Å²) in [5, 5.41) is 11.5. The molecule has 3 unspecified atom stereocenters. The minimum absolute atomic E-state index is 0.00558. The van der Waals surface area contributed by atoms with Crippen molar-refractivity contribution in [3.63, 3.8) is 0 Å². The number of fused-ring (bicyclic) bond motifs is 3. The molecule has 0 aromatic rings. The van der Waals surface area contributed by atoms with Crippen LogP contribution in [-0.2, 0) is 23.9 Å². The zero-order valence-corrected chi connectivity index (χ0v) is 19.9. The van der Waals surface area contributed by atoms with Gasteiger partial charge in [0.05, 0.1) is 5.92 Å². The molecule has 4 rings (SSSR count). The summed E-state index contributed by atoms with van der Waals surface area (Å²) < 4.78 is 11.9. The van der Waals surface area contributed by atoms with Crippen molar-refractivity contribution in [3.8, 4) is 0 Å². The summed E-state index contributed by atoms with van der Waals surface area (Å²) in [6, 6.07) is 0. The van der Waals surface area contributed by atoms with Gasteiger partial charge in [-0.15, -0.1) is 0 Å². The van der Waals surface area contributed by atoms with Gasteiger partial charge >= 0.3 is 11.9 Å². The Labute approximate surface area is 185 Å². The van der Waals surface area contributed by atoms with Gasteiger partial charge in [0.25, 0.3) is 0 Å². The van der Waals surface area contributed by atoms with Crippen LogP contribution in [0.5, 0.6) is 0 Å². The van der Waals surface area contributed by atoms with E-state index in [9.17, 15) is 19.5 Å². The number of carbonyl (C=O) groups excluding carboxylic acids is 3. The maximum absolute atomic E-state index is 13.1. The number of esters is 2. The van der Waals surface area contributed by atoms with E-state index in [1.54, 1.807) is 32.9 Å². The molecule has 0 aliphatic heterocycles. The summed E-state index contributed by atoms with van der Waals surface area (Å²) in [6.07, 6.45) is 0.855. The third-order valence-corrected chi connectivity index (χ3v) is 8.33. The Morgan fingerprint density at radius 2 is 1.84 bits per heavy atom. The van der Waals surface area contributed by atoms with Gasteiger partial charge in [0.15, 0.2) is 11.9 Å². The maximum atomic E-state index is 13.1. The number of carbonyl (C=O) groups is 3. The van der Waals surface area contributed by atoms with Crippen molar-refractivity contribution in [3.05, 3.63) is 23.3 Å². The molecule has 0 radical (unpaired) electrons. The Kier molecular flexibility index (Phi) is 6.02. The molecule has 172 valence electrons. The topological polar surface area (TPSA) is 89.9 Å². The molecule has 0 spiro atoms. The number of ketones is 1. The van der Waals surface area contributed by atoms with E-state index in [0.29, 0.717) is 12.0 Å². The average molecular weight is 433 g/mol. The Morgan fingerprint density at radius 3 is 2.35 bits per heavy atom. The summed E-state index contributed by atoms with van der Waals surface area (Å²) in [4.78, 5) is 38.7. The highest BCUT2D eigenvalue weighted by atomic mass is 16.6. The summed E-state index contributed by atoms with van der Waals surface area (Å²) in [6.45, 7) is 14.8. The van der Waals surface area contributed by atoms with Crippen molar-refractivity contribution >= 4 is 17.7 Å². The summed E-state index contributed by atoms with van der Waals surface area (Å²) in [5.74, 6) is -1.85. The molecule has 4 aliphatic rings. The molecule has 1 N–H and O–H groups in total. The molecule has 31 heavy (non-hydrogen) atoms. The molecule has 0 heterocycles. The van der Waals surface area contributed by atoms with E-state index < -0.39 is 47.0 Å². The SMILES string of the molecule is C/C=C(/C)C(=O)O[C@@H]1[C@@H](O)C(C)(C)C2C3C(=O)C=C(C)[C@@H]2[C@@]3(C)[C@@H]1OC(=O)C(C)CC. The minimum Gasteiger partial charge on any atom is -0.457 e. The van der Waals surface area contributed by atoms with Crippen LogP contribution in [0.1, 0.15) is 61.8 Å².